The van der Waals surface area contributed by atoms with Crippen molar-refractivity contribution >= 4 is 5.91 Å². The summed E-state index contributed by atoms with van der Waals surface area (Å²) in [7, 11) is 0. The number of aryl methyl sites for hydroxylation is 1. The van der Waals surface area contributed by atoms with Crippen LogP contribution >= 0.6 is 0 Å². The van der Waals surface area contributed by atoms with Crippen LogP contribution in [0.15, 0.2) is 24.3 Å². The Morgan fingerprint density at radius 2 is 2.18 bits per heavy atom. The Hall–Kier alpha value is -1.35. The fourth-order valence-corrected chi connectivity index (χ4v) is 1.83. The third-order valence-electron chi connectivity index (χ3n) is 2.82. The molecule has 1 aromatic carbocycles. The zero-order valence-corrected chi connectivity index (χ0v) is 10.7. The second kappa shape index (κ2) is 6.40. The van der Waals surface area contributed by atoms with E-state index in [1.54, 1.807) is 6.92 Å². The minimum Gasteiger partial charge on any atom is -0.391 e. The van der Waals surface area contributed by atoms with E-state index in [2.05, 4.69) is 5.32 Å². The highest BCUT2D eigenvalue weighted by Crippen LogP contribution is 2.05. The van der Waals surface area contributed by atoms with Crippen molar-refractivity contribution < 1.29 is 9.90 Å². The second-order valence-corrected chi connectivity index (χ2v) is 4.49. The Morgan fingerprint density at radius 3 is 2.71 bits per heavy atom. The van der Waals surface area contributed by atoms with Gasteiger partial charge < -0.3 is 10.4 Å². The summed E-state index contributed by atoms with van der Waals surface area (Å²) >= 11 is 0. The molecule has 0 saturated carbocycles. The maximum absolute atomic E-state index is 11.8. The van der Waals surface area contributed by atoms with E-state index in [1.165, 1.54) is 0 Å². The Balaban J connectivity index is 2.55. The van der Waals surface area contributed by atoms with E-state index in [-0.39, 0.29) is 11.9 Å². The van der Waals surface area contributed by atoms with Gasteiger partial charge >= 0.3 is 0 Å². The molecule has 2 atom stereocenters. The number of hydrogen-bond acceptors (Lipinski definition) is 2. The van der Waals surface area contributed by atoms with Gasteiger partial charge in [0.05, 0.1) is 18.6 Å². The van der Waals surface area contributed by atoms with Crippen molar-refractivity contribution in [2.24, 2.45) is 0 Å². The number of amides is 1. The number of carbonyl (C=O) groups is 1. The van der Waals surface area contributed by atoms with Crippen LogP contribution in [0.2, 0.25) is 0 Å². The predicted molar refractivity (Wildman–Crippen MR) is 68.8 cm³/mol. The standard InChI is InChI=1S/C14H21NO2/c1-4-13(11(3)16)15-14(17)9-12-7-5-6-10(2)8-12/h5-8,11,13,16H,4,9H2,1-3H3,(H,15,17)/t11-,13-/m0/s1. The number of nitrogens with one attached hydrogen (secondary N) is 1. The van der Waals surface area contributed by atoms with Gasteiger partial charge in [0, 0.05) is 0 Å². The summed E-state index contributed by atoms with van der Waals surface area (Å²) in [6, 6.07) is 7.74. The molecule has 0 aromatic heterocycles. The molecule has 0 radical (unpaired) electrons. The highest BCUT2D eigenvalue weighted by atomic mass is 16.3. The maximum Gasteiger partial charge on any atom is 0.224 e. The molecular weight excluding hydrogens is 214 g/mol. The van der Waals surface area contributed by atoms with Crippen LogP contribution in [0.5, 0.6) is 0 Å². The monoisotopic (exact) mass is 235 g/mol. The van der Waals surface area contributed by atoms with Crippen LogP contribution in [0.25, 0.3) is 0 Å². The van der Waals surface area contributed by atoms with Crippen LogP contribution < -0.4 is 5.32 Å². The molecule has 1 amide bonds. The average Bonchev–Trinajstić information content (AvgIpc) is 2.25. The van der Waals surface area contributed by atoms with Gasteiger partial charge in [-0.05, 0) is 25.8 Å². The molecule has 0 aliphatic heterocycles. The molecule has 0 unspecified atom stereocenters. The molecule has 3 heteroatoms. The normalized spacial score (nSPS) is 14.1. The second-order valence-electron chi connectivity index (χ2n) is 4.49. The van der Waals surface area contributed by atoms with Gasteiger partial charge in [-0.1, -0.05) is 36.8 Å². The zero-order chi connectivity index (χ0) is 12.8. The summed E-state index contributed by atoms with van der Waals surface area (Å²) in [6.45, 7) is 5.65. The summed E-state index contributed by atoms with van der Waals surface area (Å²) in [5, 5.41) is 12.3. The highest BCUT2D eigenvalue weighted by molar-refractivity contribution is 5.78. The van der Waals surface area contributed by atoms with E-state index in [4.69, 9.17) is 0 Å². The van der Waals surface area contributed by atoms with Crippen LogP contribution in [0.4, 0.5) is 0 Å². The van der Waals surface area contributed by atoms with Crippen molar-refractivity contribution in [1.82, 2.24) is 5.32 Å². The Labute approximate surface area is 103 Å². The first-order chi connectivity index (χ1) is 8.02. The summed E-state index contributed by atoms with van der Waals surface area (Å²) in [5.74, 6) is -0.0386. The molecule has 0 aliphatic carbocycles. The number of benzene rings is 1. The summed E-state index contributed by atoms with van der Waals surface area (Å²) in [4.78, 5) is 11.8. The molecule has 94 valence electrons. The number of hydrogen-bond donors (Lipinski definition) is 2. The maximum atomic E-state index is 11.8. The van der Waals surface area contributed by atoms with Gasteiger partial charge in [0.25, 0.3) is 0 Å². The Bertz CT molecular complexity index is 374. The van der Waals surface area contributed by atoms with Gasteiger partial charge in [-0.15, -0.1) is 0 Å². The molecule has 1 rings (SSSR count). The molecule has 0 saturated heterocycles. The van der Waals surface area contributed by atoms with Gasteiger partial charge in [0.1, 0.15) is 0 Å². The molecule has 2 N–H and O–H groups in total. The topological polar surface area (TPSA) is 49.3 Å². The van der Waals surface area contributed by atoms with E-state index < -0.39 is 6.10 Å². The minimum atomic E-state index is -0.513. The summed E-state index contributed by atoms with van der Waals surface area (Å²) in [5.41, 5.74) is 2.15. The van der Waals surface area contributed by atoms with Gasteiger partial charge in [-0.2, -0.15) is 0 Å². The number of aliphatic hydroxyl groups excluding tert-OH is 1. The lowest BCUT2D eigenvalue weighted by Gasteiger charge is -2.19. The van der Waals surface area contributed by atoms with Crippen LogP contribution in [0, 0.1) is 6.92 Å². The first-order valence-electron chi connectivity index (χ1n) is 6.06. The van der Waals surface area contributed by atoms with Crippen molar-refractivity contribution in [2.75, 3.05) is 0 Å². The van der Waals surface area contributed by atoms with Crippen molar-refractivity contribution in [2.45, 2.75) is 45.8 Å². The van der Waals surface area contributed by atoms with Crippen molar-refractivity contribution in [1.29, 1.82) is 0 Å². The molecule has 0 bridgehead atoms. The largest absolute Gasteiger partial charge is 0.391 e. The lowest BCUT2D eigenvalue weighted by Crippen LogP contribution is -2.42. The smallest absolute Gasteiger partial charge is 0.224 e. The fraction of sp³-hybridized carbons (Fsp3) is 0.500. The Morgan fingerprint density at radius 1 is 1.47 bits per heavy atom. The molecule has 0 spiro atoms. The van der Waals surface area contributed by atoms with Crippen LogP contribution in [-0.2, 0) is 11.2 Å². The van der Waals surface area contributed by atoms with Crippen LogP contribution in [0.1, 0.15) is 31.4 Å². The zero-order valence-electron chi connectivity index (χ0n) is 10.7. The van der Waals surface area contributed by atoms with Gasteiger partial charge in [-0.25, -0.2) is 0 Å². The van der Waals surface area contributed by atoms with Crippen molar-refractivity contribution in [3.63, 3.8) is 0 Å². The van der Waals surface area contributed by atoms with E-state index in [0.717, 1.165) is 17.5 Å². The molecule has 1 aromatic rings. The first kappa shape index (κ1) is 13.7. The van der Waals surface area contributed by atoms with Gasteiger partial charge in [-0.3, -0.25) is 4.79 Å². The quantitative estimate of drug-likeness (QED) is 0.817. The van der Waals surface area contributed by atoms with Gasteiger partial charge in [0.15, 0.2) is 0 Å². The third-order valence-corrected chi connectivity index (χ3v) is 2.82. The van der Waals surface area contributed by atoms with Crippen molar-refractivity contribution in [3.8, 4) is 0 Å². The SMILES string of the molecule is CC[C@H](NC(=O)Cc1cccc(C)c1)[C@H](C)O. The number of rotatable bonds is 5. The molecule has 0 fully saturated rings. The lowest BCUT2D eigenvalue weighted by molar-refractivity contribution is -0.121. The third kappa shape index (κ3) is 4.57. The molecule has 17 heavy (non-hydrogen) atoms. The minimum absolute atomic E-state index is 0.0386. The summed E-state index contributed by atoms with van der Waals surface area (Å²) in [6.07, 6.45) is 0.587. The van der Waals surface area contributed by atoms with Gasteiger partial charge in [0.2, 0.25) is 5.91 Å². The summed E-state index contributed by atoms with van der Waals surface area (Å²) < 4.78 is 0. The number of aliphatic hydroxyl groups is 1. The molecule has 0 aliphatic rings. The molecular formula is C14H21NO2. The predicted octanol–water partition coefficient (Wildman–Crippen LogP) is 1.81. The van der Waals surface area contributed by atoms with Crippen LogP contribution in [0.3, 0.4) is 0 Å². The van der Waals surface area contributed by atoms with Crippen molar-refractivity contribution in [3.05, 3.63) is 35.4 Å². The first-order valence-corrected chi connectivity index (χ1v) is 6.06. The van der Waals surface area contributed by atoms with E-state index in [9.17, 15) is 9.90 Å². The van der Waals surface area contributed by atoms with E-state index >= 15 is 0 Å². The average molecular weight is 235 g/mol. The fourth-order valence-electron chi connectivity index (χ4n) is 1.83. The highest BCUT2D eigenvalue weighted by Gasteiger charge is 2.15. The molecule has 3 nitrogen and oxygen atoms in total. The number of carbonyl (C=O) groups excluding carboxylic acids is 1. The van der Waals surface area contributed by atoms with E-state index in [0.29, 0.717) is 6.42 Å². The lowest BCUT2D eigenvalue weighted by atomic mass is 10.1. The Kier molecular flexibility index (Phi) is 5.16. The van der Waals surface area contributed by atoms with E-state index in [1.807, 2.05) is 38.1 Å². The van der Waals surface area contributed by atoms with Crippen LogP contribution in [-0.4, -0.2) is 23.2 Å². The molecule has 0 heterocycles.